The van der Waals surface area contributed by atoms with Crippen molar-refractivity contribution in [2.24, 2.45) is 0 Å². The lowest BCUT2D eigenvalue weighted by molar-refractivity contribution is -0.131. The monoisotopic (exact) mass is 505 g/mol. The van der Waals surface area contributed by atoms with Gasteiger partial charge in [-0.3, -0.25) is 19.7 Å². The van der Waals surface area contributed by atoms with Crippen molar-refractivity contribution in [3.05, 3.63) is 73.6 Å². The van der Waals surface area contributed by atoms with E-state index in [2.05, 4.69) is 20.2 Å². The van der Waals surface area contributed by atoms with Gasteiger partial charge in [-0.2, -0.15) is 0 Å². The van der Waals surface area contributed by atoms with Gasteiger partial charge in [0.15, 0.2) is 5.13 Å². The highest BCUT2D eigenvalue weighted by Gasteiger charge is 2.22. The van der Waals surface area contributed by atoms with Crippen molar-refractivity contribution in [3.8, 4) is 0 Å². The van der Waals surface area contributed by atoms with E-state index >= 15 is 0 Å². The summed E-state index contributed by atoms with van der Waals surface area (Å²) in [5, 5.41) is 6.03. The Morgan fingerprint density at radius 1 is 1.09 bits per heavy atom. The molecule has 172 valence electrons. The van der Waals surface area contributed by atoms with E-state index in [4.69, 9.17) is 23.2 Å². The Hall–Kier alpha value is -2.88. The number of carbonyl (C=O) groups excluding carboxylic acids is 2. The third kappa shape index (κ3) is 5.93. The van der Waals surface area contributed by atoms with Crippen LogP contribution in [0.3, 0.4) is 0 Å². The van der Waals surface area contributed by atoms with Crippen molar-refractivity contribution in [2.75, 3.05) is 36.4 Å². The van der Waals surface area contributed by atoms with Crippen molar-refractivity contribution >= 4 is 57.2 Å². The summed E-state index contributed by atoms with van der Waals surface area (Å²) in [6.07, 6.45) is 2.20. The SMILES string of the molecule is O=C(Nc1nc(CCC(=O)N2CCN(c3ccc(Cl)c(Cl)c3)CC2)cs1)c1ccc(=O)[nH]c1. The van der Waals surface area contributed by atoms with E-state index in [1.54, 1.807) is 6.07 Å². The van der Waals surface area contributed by atoms with E-state index < -0.39 is 0 Å². The van der Waals surface area contributed by atoms with Gasteiger partial charge in [-0.15, -0.1) is 11.3 Å². The molecule has 0 saturated carbocycles. The summed E-state index contributed by atoms with van der Waals surface area (Å²) in [5.41, 5.74) is 1.81. The van der Waals surface area contributed by atoms with Crippen LogP contribution < -0.4 is 15.8 Å². The first-order valence-electron chi connectivity index (χ1n) is 10.3. The highest BCUT2D eigenvalue weighted by atomic mass is 35.5. The van der Waals surface area contributed by atoms with Crippen molar-refractivity contribution in [2.45, 2.75) is 12.8 Å². The number of nitrogens with one attached hydrogen (secondary N) is 2. The molecule has 2 N–H and O–H groups in total. The topological polar surface area (TPSA) is 98.4 Å². The molecular formula is C22H21Cl2N5O3S. The molecule has 0 atom stereocenters. The number of anilines is 2. The highest BCUT2D eigenvalue weighted by molar-refractivity contribution is 7.14. The van der Waals surface area contributed by atoms with Crippen LogP contribution in [-0.4, -0.2) is 52.9 Å². The average Bonchev–Trinajstić information content (AvgIpc) is 3.27. The van der Waals surface area contributed by atoms with Crippen LogP contribution in [-0.2, 0) is 11.2 Å². The summed E-state index contributed by atoms with van der Waals surface area (Å²) in [6, 6.07) is 8.29. The van der Waals surface area contributed by atoms with Gasteiger partial charge in [0.25, 0.3) is 5.91 Å². The zero-order chi connectivity index (χ0) is 23.4. The summed E-state index contributed by atoms with van der Waals surface area (Å²) in [6.45, 7) is 2.72. The third-order valence-electron chi connectivity index (χ3n) is 5.31. The van der Waals surface area contributed by atoms with E-state index in [0.29, 0.717) is 46.7 Å². The number of aromatic nitrogens is 2. The predicted molar refractivity (Wildman–Crippen MR) is 131 cm³/mol. The number of thiazole rings is 1. The van der Waals surface area contributed by atoms with Gasteiger partial charge in [-0.25, -0.2) is 4.98 Å². The number of aromatic amines is 1. The lowest BCUT2D eigenvalue weighted by Crippen LogP contribution is -2.48. The van der Waals surface area contributed by atoms with E-state index in [1.807, 2.05) is 22.4 Å². The van der Waals surface area contributed by atoms with Crippen molar-refractivity contribution in [1.82, 2.24) is 14.9 Å². The first kappa shape index (κ1) is 23.3. The summed E-state index contributed by atoms with van der Waals surface area (Å²) in [4.78, 5) is 46.9. The first-order valence-corrected chi connectivity index (χ1v) is 11.9. The molecule has 33 heavy (non-hydrogen) atoms. The summed E-state index contributed by atoms with van der Waals surface area (Å²) in [7, 11) is 0. The predicted octanol–water partition coefficient (Wildman–Crippen LogP) is 3.67. The van der Waals surface area contributed by atoms with Crippen LogP contribution in [0.4, 0.5) is 10.8 Å². The number of carbonyl (C=O) groups is 2. The smallest absolute Gasteiger partial charge is 0.258 e. The molecule has 0 radical (unpaired) electrons. The maximum absolute atomic E-state index is 12.7. The van der Waals surface area contributed by atoms with E-state index in [9.17, 15) is 14.4 Å². The zero-order valence-corrected chi connectivity index (χ0v) is 19.8. The number of pyridine rings is 1. The van der Waals surface area contributed by atoms with Gasteiger partial charge in [-0.05, 0) is 30.7 Å². The van der Waals surface area contributed by atoms with Gasteiger partial charge in [-0.1, -0.05) is 23.2 Å². The summed E-state index contributed by atoms with van der Waals surface area (Å²) >= 11 is 13.4. The zero-order valence-electron chi connectivity index (χ0n) is 17.5. The third-order valence-corrected chi connectivity index (χ3v) is 6.86. The minimum absolute atomic E-state index is 0.0793. The molecule has 8 nitrogen and oxygen atoms in total. The number of hydrogen-bond donors (Lipinski definition) is 2. The quantitative estimate of drug-likeness (QED) is 0.532. The number of rotatable bonds is 6. The second-order valence-corrected chi connectivity index (χ2v) is 9.18. The van der Waals surface area contributed by atoms with Gasteiger partial charge in [0.05, 0.1) is 21.3 Å². The molecular weight excluding hydrogens is 485 g/mol. The fourth-order valence-corrected chi connectivity index (χ4v) is 4.52. The normalized spacial score (nSPS) is 13.8. The van der Waals surface area contributed by atoms with Gasteiger partial charge in [0.2, 0.25) is 11.5 Å². The molecule has 0 spiro atoms. The maximum atomic E-state index is 12.7. The summed E-state index contributed by atoms with van der Waals surface area (Å²) in [5.74, 6) is -0.279. The molecule has 1 fully saturated rings. The Labute approximate surface area is 204 Å². The molecule has 0 aliphatic carbocycles. The van der Waals surface area contributed by atoms with E-state index in [1.165, 1.54) is 29.7 Å². The van der Waals surface area contributed by atoms with Crippen LogP contribution in [0.25, 0.3) is 0 Å². The van der Waals surface area contributed by atoms with E-state index in [-0.39, 0.29) is 17.4 Å². The van der Waals surface area contributed by atoms with Crippen LogP contribution in [0.5, 0.6) is 0 Å². The summed E-state index contributed by atoms with van der Waals surface area (Å²) < 4.78 is 0. The molecule has 2 aromatic heterocycles. The maximum Gasteiger partial charge on any atom is 0.258 e. The molecule has 3 aromatic rings. The molecule has 1 aromatic carbocycles. The van der Waals surface area contributed by atoms with Gasteiger partial charge < -0.3 is 14.8 Å². The Morgan fingerprint density at radius 3 is 2.58 bits per heavy atom. The highest BCUT2D eigenvalue weighted by Crippen LogP contribution is 2.28. The number of amides is 2. The first-order chi connectivity index (χ1) is 15.9. The molecule has 1 aliphatic heterocycles. The molecule has 0 bridgehead atoms. The number of nitrogens with zero attached hydrogens (tertiary/aromatic N) is 3. The van der Waals surface area contributed by atoms with Gasteiger partial charge >= 0.3 is 0 Å². The van der Waals surface area contributed by atoms with Crippen LogP contribution in [0.1, 0.15) is 22.5 Å². The molecule has 1 saturated heterocycles. The van der Waals surface area contributed by atoms with Crippen LogP contribution in [0, 0.1) is 0 Å². The minimum atomic E-state index is -0.358. The average molecular weight is 506 g/mol. The molecule has 11 heteroatoms. The van der Waals surface area contributed by atoms with Crippen LogP contribution in [0.2, 0.25) is 10.0 Å². The van der Waals surface area contributed by atoms with Gasteiger partial charge in [0.1, 0.15) is 0 Å². The Morgan fingerprint density at radius 2 is 1.88 bits per heavy atom. The standard InChI is InChI=1S/C22H21Cl2N5O3S/c23-17-4-3-16(11-18(17)24)28-7-9-29(10-8-28)20(31)6-2-15-13-33-22(26-15)27-21(32)14-1-5-19(30)25-12-14/h1,3-5,11-13H,2,6-10H2,(H,25,30)(H,26,27,32). The number of aryl methyl sites for hydroxylation is 1. The minimum Gasteiger partial charge on any atom is -0.368 e. The number of benzene rings is 1. The van der Waals surface area contributed by atoms with E-state index in [0.717, 1.165) is 24.5 Å². The Balaban J connectivity index is 1.24. The molecule has 4 rings (SSSR count). The fourth-order valence-electron chi connectivity index (χ4n) is 3.49. The number of halogens is 2. The van der Waals surface area contributed by atoms with Crippen molar-refractivity contribution < 1.29 is 9.59 Å². The van der Waals surface area contributed by atoms with Gasteiger partial charge in [0, 0.05) is 55.9 Å². The lowest BCUT2D eigenvalue weighted by atomic mass is 10.2. The largest absolute Gasteiger partial charge is 0.368 e. The van der Waals surface area contributed by atoms with Crippen molar-refractivity contribution in [3.63, 3.8) is 0 Å². The fraction of sp³-hybridized carbons (Fsp3) is 0.273. The Kier molecular flexibility index (Phi) is 7.32. The number of piperazine rings is 1. The second kappa shape index (κ2) is 10.4. The number of hydrogen-bond acceptors (Lipinski definition) is 6. The molecule has 0 unspecified atom stereocenters. The van der Waals surface area contributed by atoms with Crippen molar-refractivity contribution in [1.29, 1.82) is 0 Å². The Bertz CT molecular complexity index is 1200. The lowest BCUT2D eigenvalue weighted by Gasteiger charge is -2.36. The second-order valence-electron chi connectivity index (χ2n) is 7.51. The number of H-pyrrole nitrogens is 1. The van der Waals surface area contributed by atoms with Crippen LogP contribution >= 0.6 is 34.5 Å². The molecule has 3 heterocycles. The molecule has 2 amide bonds. The van der Waals surface area contributed by atoms with Crippen LogP contribution in [0.15, 0.2) is 46.7 Å². The molecule has 1 aliphatic rings.